The molecule has 3 rings (SSSR count). The summed E-state index contributed by atoms with van der Waals surface area (Å²) in [5.41, 5.74) is 0.925. The molecular formula is C24H36ClN3O5S. The highest BCUT2D eigenvalue weighted by Gasteiger charge is 2.37. The van der Waals surface area contributed by atoms with Crippen LogP contribution >= 0.6 is 11.6 Å². The molecule has 10 heteroatoms. The Bertz CT molecular complexity index is 928. The van der Waals surface area contributed by atoms with Gasteiger partial charge in [0.1, 0.15) is 0 Å². The van der Waals surface area contributed by atoms with E-state index in [0.29, 0.717) is 43.9 Å². The second-order valence-corrected chi connectivity index (χ2v) is 11.6. The molecule has 8 nitrogen and oxygen atoms in total. The summed E-state index contributed by atoms with van der Waals surface area (Å²) in [6.07, 6.45) is 3.78. The third-order valence-electron chi connectivity index (χ3n) is 6.44. The number of benzene rings is 1. The van der Waals surface area contributed by atoms with Crippen molar-refractivity contribution in [2.24, 2.45) is 5.92 Å². The Hall–Kier alpha value is -1.68. The lowest BCUT2D eigenvalue weighted by Gasteiger charge is -2.39. The summed E-state index contributed by atoms with van der Waals surface area (Å²) in [6.45, 7) is 3.53. The van der Waals surface area contributed by atoms with Crippen molar-refractivity contribution in [1.82, 2.24) is 14.1 Å². The molecule has 1 heterocycles. The molecule has 0 bridgehead atoms. The molecule has 2 fully saturated rings. The Kier molecular flexibility index (Phi) is 9.76. The van der Waals surface area contributed by atoms with E-state index in [9.17, 15) is 18.0 Å². The van der Waals surface area contributed by atoms with Crippen LogP contribution in [0.4, 0.5) is 0 Å². The van der Waals surface area contributed by atoms with Crippen molar-refractivity contribution < 1.29 is 22.7 Å². The summed E-state index contributed by atoms with van der Waals surface area (Å²) < 4.78 is 31.9. The highest BCUT2D eigenvalue weighted by Crippen LogP contribution is 2.32. The third-order valence-corrected chi connectivity index (χ3v) is 8.72. The van der Waals surface area contributed by atoms with Crippen molar-refractivity contribution in [3.8, 4) is 0 Å². The Morgan fingerprint density at radius 1 is 1.12 bits per heavy atom. The van der Waals surface area contributed by atoms with Gasteiger partial charge >= 0.3 is 0 Å². The predicted molar refractivity (Wildman–Crippen MR) is 132 cm³/mol. The summed E-state index contributed by atoms with van der Waals surface area (Å²) in [5.74, 6) is 0.160. The lowest BCUT2D eigenvalue weighted by Crippen LogP contribution is -2.52. The van der Waals surface area contributed by atoms with Crippen molar-refractivity contribution in [2.45, 2.75) is 51.6 Å². The van der Waals surface area contributed by atoms with Crippen molar-refractivity contribution in [2.75, 3.05) is 45.6 Å². The number of halogens is 1. The van der Waals surface area contributed by atoms with Gasteiger partial charge in [-0.25, -0.2) is 8.42 Å². The van der Waals surface area contributed by atoms with E-state index in [1.165, 1.54) is 11.4 Å². The average Bonchev–Trinajstić information content (AvgIpc) is 3.66. The SMILES string of the molecule is CCCS(=O)(=O)N(CCOC)CC(=O)N(Cc1ccc(Cl)cc1)C1CCN(C(=O)C2CC2)CC1. The molecule has 1 aromatic carbocycles. The van der Waals surface area contributed by atoms with Crippen LogP contribution in [0.2, 0.25) is 5.02 Å². The van der Waals surface area contributed by atoms with Gasteiger partial charge in [-0.2, -0.15) is 4.31 Å². The lowest BCUT2D eigenvalue weighted by molar-refractivity contribution is -0.138. The fourth-order valence-corrected chi connectivity index (χ4v) is 5.89. The number of piperidine rings is 1. The summed E-state index contributed by atoms with van der Waals surface area (Å²) in [4.78, 5) is 29.7. The van der Waals surface area contributed by atoms with Crippen LogP contribution in [0, 0.1) is 5.92 Å². The molecule has 1 saturated carbocycles. The number of nitrogens with zero attached hydrogens (tertiary/aromatic N) is 3. The molecule has 190 valence electrons. The largest absolute Gasteiger partial charge is 0.383 e. The first-order chi connectivity index (χ1) is 16.2. The van der Waals surface area contributed by atoms with Gasteiger partial charge in [-0.15, -0.1) is 0 Å². The maximum absolute atomic E-state index is 13.5. The van der Waals surface area contributed by atoms with E-state index < -0.39 is 10.0 Å². The number of rotatable bonds is 12. The van der Waals surface area contributed by atoms with Crippen LogP contribution in [0.3, 0.4) is 0 Å². The number of carbonyl (C=O) groups excluding carboxylic acids is 2. The quantitative estimate of drug-likeness (QED) is 0.429. The predicted octanol–water partition coefficient (Wildman–Crippen LogP) is 2.76. The lowest BCUT2D eigenvalue weighted by atomic mass is 10.0. The van der Waals surface area contributed by atoms with Crippen LogP contribution in [-0.4, -0.2) is 86.0 Å². The van der Waals surface area contributed by atoms with Crippen LogP contribution in [0.5, 0.6) is 0 Å². The van der Waals surface area contributed by atoms with Crippen LogP contribution in [0.1, 0.15) is 44.6 Å². The molecule has 0 unspecified atom stereocenters. The maximum atomic E-state index is 13.5. The first-order valence-corrected chi connectivity index (χ1v) is 14.0. The average molecular weight is 514 g/mol. The number of methoxy groups -OCH3 is 1. The van der Waals surface area contributed by atoms with Gasteiger partial charge in [0.05, 0.1) is 18.9 Å². The van der Waals surface area contributed by atoms with Crippen LogP contribution < -0.4 is 0 Å². The smallest absolute Gasteiger partial charge is 0.238 e. The van der Waals surface area contributed by atoms with Gasteiger partial charge in [0, 0.05) is 50.3 Å². The molecule has 34 heavy (non-hydrogen) atoms. The Balaban J connectivity index is 1.75. The van der Waals surface area contributed by atoms with Gasteiger partial charge in [0.25, 0.3) is 0 Å². The monoisotopic (exact) mass is 513 g/mol. The summed E-state index contributed by atoms with van der Waals surface area (Å²) in [6, 6.07) is 7.26. The molecule has 1 aliphatic carbocycles. The van der Waals surface area contributed by atoms with Gasteiger partial charge in [0.15, 0.2) is 0 Å². The highest BCUT2D eigenvalue weighted by atomic mass is 35.5. The molecule has 1 aliphatic heterocycles. The zero-order chi connectivity index (χ0) is 24.7. The molecule has 2 amide bonds. The topological polar surface area (TPSA) is 87.2 Å². The van der Waals surface area contributed by atoms with E-state index in [0.717, 1.165) is 18.4 Å². The molecule has 0 atom stereocenters. The summed E-state index contributed by atoms with van der Waals surface area (Å²) >= 11 is 6.03. The van der Waals surface area contributed by atoms with E-state index in [2.05, 4.69) is 0 Å². The number of hydrogen-bond donors (Lipinski definition) is 0. The number of carbonyl (C=O) groups is 2. The van der Waals surface area contributed by atoms with Crippen molar-refractivity contribution >= 4 is 33.4 Å². The molecule has 0 aromatic heterocycles. The van der Waals surface area contributed by atoms with E-state index >= 15 is 0 Å². The van der Waals surface area contributed by atoms with Gasteiger partial charge in [-0.05, 0) is 49.8 Å². The zero-order valence-electron chi connectivity index (χ0n) is 20.1. The Morgan fingerprint density at radius 3 is 2.32 bits per heavy atom. The Labute approximate surface area is 208 Å². The molecular weight excluding hydrogens is 478 g/mol. The van der Waals surface area contributed by atoms with E-state index in [-0.39, 0.29) is 49.2 Å². The minimum absolute atomic E-state index is 0.0111. The fourth-order valence-electron chi connectivity index (χ4n) is 4.33. The number of amides is 2. The number of hydrogen-bond acceptors (Lipinski definition) is 5. The normalized spacial score (nSPS) is 17.2. The van der Waals surface area contributed by atoms with Crippen molar-refractivity contribution in [3.63, 3.8) is 0 Å². The molecule has 1 aromatic rings. The van der Waals surface area contributed by atoms with Gasteiger partial charge in [-0.3, -0.25) is 9.59 Å². The van der Waals surface area contributed by atoms with Crippen molar-refractivity contribution in [3.05, 3.63) is 34.9 Å². The fraction of sp³-hybridized carbons (Fsp3) is 0.667. The maximum Gasteiger partial charge on any atom is 0.238 e. The minimum atomic E-state index is -3.57. The van der Waals surface area contributed by atoms with Gasteiger partial charge < -0.3 is 14.5 Å². The molecule has 0 spiro atoms. The number of likely N-dealkylation sites (tertiary alicyclic amines) is 1. The molecule has 0 radical (unpaired) electrons. The second-order valence-electron chi connectivity index (χ2n) is 9.12. The van der Waals surface area contributed by atoms with Crippen LogP contribution in [-0.2, 0) is 30.9 Å². The number of sulfonamides is 1. The zero-order valence-corrected chi connectivity index (χ0v) is 21.7. The standard InChI is InChI=1S/C24H36ClN3O5S/c1-3-16-34(31,32)27(14-15-33-2)18-23(29)28(17-19-4-8-21(25)9-5-19)22-10-12-26(13-11-22)24(30)20-6-7-20/h4-5,8-9,20,22H,3,6-7,10-18H2,1-2H3. The van der Waals surface area contributed by atoms with E-state index in [1.54, 1.807) is 24.0 Å². The number of ether oxygens (including phenoxy) is 1. The third kappa shape index (κ3) is 7.41. The highest BCUT2D eigenvalue weighted by molar-refractivity contribution is 7.89. The van der Waals surface area contributed by atoms with Gasteiger partial charge in [-0.1, -0.05) is 30.7 Å². The van der Waals surface area contributed by atoms with E-state index in [4.69, 9.17) is 16.3 Å². The first-order valence-electron chi connectivity index (χ1n) is 12.0. The van der Waals surface area contributed by atoms with E-state index in [1.807, 2.05) is 17.0 Å². The van der Waals surface area contributed by atoms with Crippen LogP contribution in [0.25, 0.3) is 0 Å². The summed E-state index contributed by atoms with van der Waals surface area (Å²) in [5, 5.41) is 0.616. The van der Waals surface area contributed by atoms with Gasteiger partial charge in [0.2, 0.25) is 21.8 Å². The van der Waals surface area contributed by atoms with Crippen LogP contribution in [0.15, 0.2) is 24.3 Å². The minimum Gasteiger partial charge on any atom is -0.383 e. The Morgan fingerprint density at radius 2 is 1.76 bits per heavy atom. The second kappa shape index (κ2) is 12.3. The molecule has 1 saturated heterocycles. The summed E-state index contributed by atoms with van der Waals surface area (Å²) in [7, 11) is -2.06. The van der Waals surface area contributed by atoms with Crippen molar-refractivity contribution in [1.29, 1.82) is 0 Å². The first kappa shape index (κ1) is 26.9. The molecule has 0 N–H and O–H groups in total. The molecule has 2 aliphatic rings.